The molecular formula is C34H30ClF4N9O5. The minimum Gasteiger partial charge on any atom is -0.504 e. The number of likely N-dealkylation sites (tertiary alicyclic amines) is 1. The summed E-state index contributed by atoms with van der Waals surface area (Å²) in [6, 6.07) is 3.92. The van der Waals surface area contributed by atoms with Crippen molar-refractivity contribution >= 4 is 34.9 Å². The summed E-state index contributed by atoms with van der Waals surface area (Å²) in [6.45, 7) is 6.01. The standard InChI is InChI=1S/C34H30ClF4N9O5/c1-15-11-20(25(36)16(2)42-15)29-44-32-47(13-23(49)43-22-6-5-19(12-21(22)35)34(37,38)39)27-18(4)53-33(24(27)30(51)48(32)45-29)7-9-46(10-8-33)31(52)26-28(50)17(3)40-14-41-26/h5-6,11-12,14,18,50H,7-10,13H2,1-4H3,(H,43,49). The van der Waals surface area contributed by atoms with Gasteiger partial charge < -0.3 is 24.6 Å². The molecule has 0 radical (unpaired) electrons. The maximum atomic E-state index is 15.4. The Morgan fingerprint density at radius 2 is 1.81 bits per heavy atom. The average Bonchev–Trinajstić information content (AvgIpc) is 3.66. The third-order valence-corrected chi connectivity index (χ3v) is 9.77. The second kappa shape index (κ2) is 12.9. The smallest absolute Gasteiger partial charge is 0.416 e. The first-order valence-electron chi connectivity index (χ1n) is 16.3. The van der Waals surface area contributed by atoms with Gasteiger partial charge in [-0.3, -0.25) is 19.4 Å². The second-order valence-electron chi connectivity index (χ2n) is 13.0. The molecular weight excluding hydrogens is 726 g/mol. The molecule has 2 aliphatic rings. The van der Waals surface area contributed by atoms with E-state index in [0.29, 0.717) is 11.8 Å². The zero-order valence-electron chi connectivity index (χ0n) is 28.5. The lowest BCUT2D eigenvalue weighted by atomic mass is 9.85. The van der Waals surface area contributed by atoms with Crippen molar-refractivity contribution in [3.05, 3.63) is 91.4 Å². The van der Waals surface area contributed by atoms with Gasteiger partial charge in [-0.2, -0.15) is 22.7 Å². The third kappa shape index (κ3) is 6.14. The van der Waals surface area contributed by atoms with E-state index in [1.807, 2.05) is 0 Å². The van der Waals surface area contributed by atoms with Crippen molar-refractivity contribution in [2.45, 2.75) is 65.0 Å². The van der Waals surface area contributed by atoms with Crippen LogP contribution in [-0.2, 0) is 27.9 Å². The summed E-state index contributed by atoms with van der Waals surface area (Å²) in [7, 11) is 0. The van der Waals surface area contributed by atoms with Crippen molar-refractivity contribution < 1.29 is 37.0 Å². The number of hydrogen-bond donors (Lipinski definition) is 2. The van der Waals surface area contributed by atoms with Crippen LogP contribution in [0, 0.1) is 26.6 Å². The van der Waals surface area contributed by atoms with Crippen LogP contribution in [0.4, 0.5) is 23.2 Å². The number of ether oxygens (including phenoxy) is 1. The number of fused-ring (bicyclic) bond motifs is 3. The number of aryl methyl sites for hydroxylation is 3. The molecule has 1 atom stereocenters. The number of nitrogens with zero attached hydrogens (tertiary/aromatic N) is 8. The molecule has 0 bridgehead atoms. The molecule has 7 rings (SSSR count). The molecule has 1 aromatic carbocycles. The normalized spacial score (nSPS) is 16.7. The highest BCUT2D eigenvalue weighted by Gasteiger charge is 2.51. The number of hydrogen-bond acceptors (Lipinski definition) is 10. The summed E-state index contributed by atoms with van der Waals surface area (Å²) in [4.78, 5) is 59.3. The van der Waals surface area contributed by atoms with Crippen molar-refractivity contribution in [2.24, 2.45) is 0 Å². The number of aromatic hydroxyl groups is 1. The maximum Gasteiger partial charge on any atom is 0.416 e. The van der Waals surface area contributed by atoms with Crippen LogP contribution in [0.2, 0.25) is 5.02 Å². The quantitative estimate of drug-likeness (QED) is 0.232. The molecule has 53 heavy (non-hydrogen) atoms. The molecule has 2 amide bonds. The highest BCUT2D eigenvalue weighted by molar-refractivity contribution is 6.33. The van der Waals surface area contributed by atoms with Gasteiger partial charge in [0.1, 0.15) is 18.5 Å². The Labute approximate surface area is 302 Å². The fraction of sp³-hybridized carbons (Fsp3) is 0.353. The lowest BCUT2D eigenvalue weighted by Crippen LogP contribution is -2.47. The van der Waals surface area contributed by atoms with E-state index < -0.39 is 53.2 Å². The van der Waals surface area contributed by atoms with Gasteiger partial charge in [0.05, 0.1) is 50.6 Å². The Bertz CT molecular complexity index is 2410. The number of pyridine rings is 1. The Kier molecular flexibility index (Phi) is 8.72. The number of rotatable bonds is 5. The predicted molar refractivity (Wildman–Crippen MR) is 180 cm³/mol. The van der Waals surface area contributed by atoms with Crippen LogP contribution in [0.1, 0.15) is 70.3 Å². The molecule has 4 aromatic heterocycles. The van der Waals surface area contributed by atoms with Gasteiger partial charge in [-0.25, -0.2) is 14.4 Å². The van der Waals surface area contributed by atoms with Crippen LogP contribution in [0.25, 0.3) is 17.2 Å². The first-order chi connectivity index (χ1) is 25.0. The Balaban J connectivity index is 1.31. The number of halogens is 5. The van der Waals surface area contributed by atoms with Crippen LogP contribution in [0.15, 0.2) is 35.4 Å². The molecule has 1 saturated heterocycles. The first kappa shape index (κ1) is 35.9. The summed E-state index contributed by atoms with van der Waals surface area (Å²) in [6.07, 6.45) is -4.02. The zero-order chi connectivity index (χ0) is 38.1. The average molecular weight is 756 g/mol. The van der Waals surface area contributed by atoms with E-state index in [-0.39, 0.29) is 87.9 Å². The van der Waals surface area contributed by atoms with Gasteiger partial charge in [-0.05, 0) is 64.8 Å². The van der Waals surface area contributed by atoms with Crippen LogP contribution in [0.3, 0.4) is 0 Å². The second-order valence-corrected chi connectivity index (χ2v) is 13.4. The van der Waals surface area contributed by atoms with Crippen LogP contribution in [0.5, 0.6) is 5.75 Å². The molecule has 2 aliphatic heterocycles. The number of carbonyl (C=O) groups is 2. The van der Waals surface area contributed by atoms with Gasteiger partial charge in [-0.15, -0.1) is 5.10 Å². The molecule has 1 fully saturated rings. The van der Waals surface area contributed by atoms with Gasteiger partial charge in [-0.1, -0.05) is 11.6 Å². The number of piperidine rings is 1. The lowest BCUT2D eigenvalue weighted by molar-refractivity contribution is -0.137. The van der Waals surface area contributed by atoms with E-state index in [9.17, 15) is 32.7 Å². The minimum atomic E-state index is -4.66. The number of carbonyl (C=O) groups excluding carboxylic acids is 2. The highest BCUT2D eigenvalue weighted by Crippen LogP contribution is 2.48. The van der Waals surface area contributed by atoms with Crippen LogP contribution in [-0.4, -0.2) is 69.0 Å². The highest BCUT2D eigenvalue weighted by atomic mass is 35.5. The van der Waals surface area contributed by atoms with Gasteiger partial charge in [0.15, 0.2) is 23.1 Å². The fourth-order valence-electron chi connectivity index (χ4n) is 6.96. The zero-order valence-corrected chi connectivity index (χ0v) is 29.3. The van der Waals surface area contributed by atoms with E-state index in [4.69, 9.17) is 16.3 Å². The number of nitrogens with one attached hydrogen (secondary N) is 1. The summed E-state index contributed by atoms with van der Waals surface area (Å²) in [5.74, 6) is -2.60. The SMILES string of the molecule is Cc1cc(-c2nc3n(CC(=O)Nc4ccc(C(F)(F)F)cc4Cl)c4c(c(=O)n3n2)C2(CCN(C(=O)c3ncnc(C)c3O)CC2)OC4C)c(F)c(C)n1. The van der Waals surface area contributed by atoms with Crippen LogP contribution >= 0.6 is 11.6 Å². The molecule has 14 nitrogen and oxygen atoms in total. The molecule has 5 aromatic rings. The number of anilines is 1. The summed E-state index contributed by atoms with van der Waals surface area (Å²) in [5.41, 5.74) is -1.95. The van der Waals surface area contributed by atoms with Crippen molar-refractivity contribution in [2.75, 3.05) is 18.4 Å². The van der Waals surface area contributed by atoms with E-state index in [1.165, 1.54) is 35.7 Å². The summed E-state index contributed by atoms with van der Waals surface area (Å²) >= 11 is 6.11. The van der Waals surface area contributed by atoms with Gasteiger partial charge in [0.2, 0.25) is 11.7 Å². The van der Waals surface area contributed by atoms with Crippen molar-refractivity contribution in [1.82, 2.24) is 39.0 Å². The first-order valence-corrected chi connectivity index (χ1v) is 16.7. The molecule has 2 N–H and O–H groups in total. The largest absolute Gasteiger partial charge is 0.504 e. The van der Waals surface area contributed by atoms with E-state index in [1.54, 1.807) is 13.8 Å². The third-order valence-electron chi connectivity index (χ3n) is 9.46. The maximum absolute atomic E-state index is 15.4. The Morgan fingerprint density at radius 3 is 2.49 bits per heavy atom. The van der Waals surface area contributed by atoms with Gasteiger partial charge in [0, 0.05) is 18.8 Å². The Morgan fingerprint density at radius 1 is 1.09 bits per heavy atom. The molecule has 6 heterocycles. The predicted octanol–water partition coefficient (Wildman–Crippen LogP) is 5.05. The van der Waals surface area contributed by atoms with Crippen molar-refractivity contribution in [3.63, 3.8) is 0 Å². The molecule has 276 valence electrons. The molecule has 19 heteroatoms. The number of aromatic nitrogens is 7. The minimum absolute atomic E-state index is 0.0279. The number of amides is 2. The molecule has 1 unspecified atom stereocenters. The molecule has 0 saturated carbocycles. The monoisotopic (exact) mass is 755 g/mol. The molecule has 1 spiro atoms. The fourth-order valence-corrected chi connectivity index (χ4v) is 7.19. The summed E-state index contributed by atoms with van der Waals surface area (Å²) < 4.78 is 64.0. The van der Waals surface area contributed by atoms with E-state index in [0.717, 1.165) is 16.6 Å². The summed E-state index contributed by atoms with van der Waals surface area (Å²) in [5, 5.41) is 17.0. The van der Waals surface area contributed by atoms with E-state index in [2.05, 4.69) is 30.4 Å². The number of benzene rings is 1. The van der Waals surface area contributed by atoms with Gasteiger partial charge >= 0.3 is 6.18 Å². The lowest BCUT2D eigenvalue weighted by Gasteiger charge is -2.39. The van der Waals surface area contributed by atoms with Crippen molar-refractivity contribution in [1.29, 1.82) is 0 Å². The Hall–Kier alpha value is -5.49. The molecule has 0 aliphatic carbocycles. The van der Waals surface area contributed by atoms with Crippen molar-refractivity contribution in [3.8, 4) is 17.1 Å². The topological polar surface area (TPSA) is 170 Å². The number of alkyl halides is 3. The van der Waals surface area contributed by atoms with E-state index >= 15 is 4.39 Å². The van der Waals surface area contributed by atoms with Gasteiger partial charge in [0.25, 0.3) is 11.5 Å². The van der Waals surface area contributed by atoms with Crippen LogP contribution < -0.4 is 10.9 Å².